The van der Waals surface area contributed by atoms with E-state index in [4.69, 9.17) is 4.74 Å². The largest absolute Gasteiger partial charge is 0.461 e. The highest BCUT2D eigenvalue weighted by Gasteiger charge is 2.30. The Morgan fingerprint density at radius 3 is 2.60 bits per heavy atom. The van der Waals surface area contributed by atoms with E-state index in [0.29, 0.717) is 0 Å². The van der Waals surface area contributed by atoms with Gasteiger partial charge in [0.05, 0.1) is 42.7 Å². The van der Waals surface area contributed by atoms with Gasteiger partial charge in [-0.25, -0.2) is 13.9 Å². The van der Waals surface area contributed by atoms with Gasteiger partial charge in [-0.05, 0) is 30.2 Å². The van der Waals surface area contributed by atoms with Crippen LogP contribution in [-0.4, -0.2) is 47.6 Å². The van der Waals surface area contributed by atoms with Crippen molar-refractivity contribution in [3.8, 4) is 0 Å². The number of alkyl halides is 4. The van der Waals surface area contributed by atoms with Crippen LogP contribution >= 0.6 is 0 Å². The molecular weight excluding hydrogens is 562 g/mol. The predicted octanol–water partition coefficient (Wildman–Crippen LogP) is 2.89. The number of pyridine rings is 1. The zero-order valence-electron chi connectivity index (χ0n) is 22.0. The lowest BCUT2D eigenvalue weighted by Crippen LogP contribution is -2.26. The zero-order valence-corrected chi connectivity index (χ0v) is 22.0. The standard InChI is InChI=1S/C27H25F4N7O4/c28-20(7-10-37-11-8-21(34-26(37)41)13-24(39)42-17-18-4-2-1-3-5-18)15-38-16-23(35-36-38)25(40)33-14-22-12-19(6-9-32-22)27(29,30)31/h1-6,8-9,11-12,16,20H,7,10,13-15,17H2,(H,33,40). The minimum Gasteiger partial charge on any atom is -0.461 e. The number of ether oxygens (including phenoxy) is 1. The van der Waals surface area contributed by atoms with Gasteiger partial charge in [-0.15, -0.1) is 5.10 Å². The van der Waals surface area contributed by atoms with E-state index in [2.05, 4.69) is 25.6 Å². The average Bonchev–Trinajstić information content (AvgIpc) is 3.43. The fourth-order valence-corrected chi connectivity index (χ4v) is 3.75. The summed E-state index contributed by atoms with van der Waals surface area (Å²) >= 11 is 0. The Morgan fingerprint density at radius 1 is 1.07 bits per heavy atom. The molecule has 42 heavy (non-hydrogen) atoms. The maximum absolute atomic E-state index is 14.6. The third-order valence-electron chi connectivity index (χ3n) is 5.91. The predicted molar refractivity (Wildman–Crippen MR) is 138 cm³/mol. The van der Waals surface area contributed by atoms with Crippen LogP contribution < -0.4 is 11.0 Å². The molecule has 1 unspecified atom stereocenters. The highest BCUT2D eigenvalue weighted by molar-refractivity contribution is 5.91. The normalized spacial score (nSPS) is 12.1. The van der Waals surface area contributed by atoms with Crippen molar-refractivity contribution in [2.24, 2.45) is 0 Å². The third-order valence-corrected chi connectivity index (χ3v) is 5.91. The molecule has 0 aliphatic rings. The molecule has 0 radical (unpaired) electrons. The Kier molecular flexibility index (Phi) is 9.73. The summed E-state index contributed by atoms with van der Waals surface area (Å²) in [5.41, 5.74) is -0.654. The van der Waals surface area contributed by atoms with Gasteiger partial charge in [-0.2, -0.15) is 18.2 Å². The molecular formula is C27H25F4N7O4. The molecule has 11 nitrogen and oxygen atoms in total. The van der Waals surface area contributed by atoms with Crippen LogP contribution in [0.4, 0.5) is 17.6 Å². The van der Waals surface area contributed by atoms with Crippen LogP contribution in [-0.2, 0) is 48.4 Å². The number of rotatable bonds is 12. The van der Waals surface area contributed by atoms with Crippen LogP contribution in [0.2, 0.25) is 0 Å². The number of nitrogens with one attached hydrogen (secondary N) is 1. The summed E-state index contributed by atoms with van der Waals surface area (Å²) < 4.78 is 60.6. The fourth-order valence-electron chi connectivity index (χ4n) is 3.75. The SMILES string of the molecule is O=C(Cc1ccn(CCC(F)Cn2cc(C(=O)NCc3cc(C(F)(F)F)ccn3)nn2)c(=O)n1)OCc1ccccc1. The summed E-state index contributed by atoms with van der Waals surface area (Å²) in [5.74, 6) is -1.27. The molecule has 0 saturated carbocycles. The lowest BCUT2D eigenvalue weighted by molar-refractivity contribution is -0.144. The lowest BCUT2D eigenvalue weighted by Gasteiger charge is -2.10. The number of esters is 1. The Bertz CT molecular complexity index is 1570. The topological polar surface area (TPSA) is 134 Å². The molecule has 15 heteroatoms. The second-order valence-electron chi connectivity index (χ2n) is 9.15. The van der Waals surface area contributed by atoms with Crippen molar-refractivity contribution in [2.75, 3.05) is 0 Å². The van der Waals surface area contributed by atoms with Crippen molar-refractivity contribution in [3.63, 3.8) is 0 Å². The molecule has 0 bridgehead atoms. The van der Waals surface area contributed by atoms with E-state index in [1.54, 1.807) is 0 Å². The Balaban J connectivity index is 1.21. The second-order valence-corrected chi connectivity index (χ2v) is 9.15. The maximum atomic E-state index is 14.6. The van der Waals surface area contributed by atoms with Gasteiger partial charge < -0.3 is 10.1 Å². The van der Waals surface area contributed by atoms with Gasteiger partial charge in [0.1, 0.15) is 12.8 Å². The first-order chi connectivity index (χ1) is 20.1. The number of aromatic nitrogens is 6. The highest BCUT2D eigenvalue weighted by Crippen LogP contribution is 2.28. The molecule has 4 aromatic rings. The fraction of sp³-hybridized carbons (Fsp3) is 0.296. The molecule has 1 amide bonds. The smallest absolute Gasteiger partial charge is 0.416 e. The summed E-state index contributed by atoms with van der Waals surface area (Å²) in [7, 11) is 0. The van der Waals surface area contributed by atoms with Crippen LogP contribution in [0.25, 0.3) is 0 Å². The first-order valence-corrected chi connectivity index (χ1v) is 12.7. The summed E-state index contributed by atoms with van der Waals surface area (Å²) in [4.78, 5) is 44.3. The van der Waals surface area contributed by atoms with Gasteiger partial charge >= 0.3 is 17.8 Å². The molecule has 0 saturated heterocycles. The molecule has 0 fully saturated rings. The molecule has 4 rings (SSSR count). The molecule has 1 atom stereocenters. The first kappa shape index (κ1) is 30.0. The number of benzene rings is 1. The van der Waals surface area contributed by atoms with E-state index in [0.717, 1.165) is 28.6 Å². The highest BCUT2D eigenvalue weighted by atomic mass is 19.4. The maximum Gasteiger partial charge on any atom is 0.416 e. The van der Waals surface area contributed by atoms with E-state index in [1.807, 2.05) is 30.3 Å². The molecule has 0 aliphatic heterocycles. The minimum absolute atomic E-state index is 0.00222. The Labute approximate surface area is 236 Å². The number of hydrogen-bond acceptors (Lipinski definition) is 8. The molecule has 0 spiro atoms. The van der Waals surface area contributed by atoms with Crippen LogP contribution in [0.15, 0.2) is 71.9 Å². The van der Waals surface area contributed by atoms with Gasteiger partial charge in [-0.1, -0.05) is 35.5 Å². The van der Waals surface area contributed by atoms with Crippen molar-refractivity contribution in [3.05, 3.63) is 106 Å². The zero-order chi connectivity index (χ0) is 30.1. The van der Waals surface area contributed by atoms with E-state index in [1.165, 1.54) is 23.0 Å². The quantitative estimate of drug-likeness (QED) is 0.198. The van der Waals surface area contributed by atoms with Gasteiger partial charge in [0.2, 0.25) is 0 Å². The van der Waals surface area contributed by atoms with Gasteiger partial charge in [-0.3, -0.25) is 19.1 Å². The number of carbonyl (C=O) groups excluding carboxylic acids is 2. The van der Waals surface area contributed by atoms with E-state index < -0.39 is 35.5 Å². The van der Waals surface area contributed by atoms with Crippen molar-refractivity contribution < 1.29 is 31.9 Å². The van der Waals surface area contributed by atoms with Gasteiger partial charge in [0.15, 0.2) is 5.69 Å². The molecule has 220 valence electrons. The monoisotopic (exact) mass is 587 g/mol. The molecule has 0 aliphatic carbocycles. The number of halogens is 4. The molecule has 1 aromatic carbocycles. The van der Waals surface area contributed by atoms with Gasteiger partial charge in [0, 0.05) is 18.9 Å². The first-order valence-electron chi connectivity index (χ1n) is 12.7. The number of nitrogens with zero attached hydrogens (tertiary/aromatic N) is 6. The Morgan fingerprint density at radius 2 is 1.86 bits per heavy atom. The summed E-state index contributed by atoms with van der Waals surface area (Å²) in [5, 5.41) is 9.76. The van der Waals surface area contributed by atoms with Crippen LogP contribution in [0.3, 0.4) is 0 Å². The van der Waals surface area contributed by atoms with Gasteiger partial charge in [0.25, 0.3) is 5.91 Å². The van der Waals surface area contributed by atoms with E-state index in [9.17, 15) is 31.9 Å². The van der Waals surface area contributed by atoms with Crippen molar-refractivity contribution in [1.29, 1.82) is 0 Å². The van der Waals surface area contributed by atoms with Crippen LogP contribution in [0.1, 0.15) is 39.4 Å². The van der Waals surface area contributed by atoms with Crippen LogP contribution in [0, 0.1) is 0 Å². The minimum atomic E-state index is -4.54. The molecule has 3 aromatic heterocycles. The summed E-state index contributed by atoms with van der Waals surface area (Å²) in [6.45, 7) is -0.442. The Hall–Kier alpha value is -4.95. The third kappa shape index (κ3) is 8.78. The van der Waals surface area contributed by atoms with Crippen molar-refractivity contribution in [1.82, 2.24) is 34.8 Å². The number of aryl methyl sites for hydroxylation is 1. The van der Waals surface area contributed by atoms with Crippen LogP contribution in [0.5, 0.6) is 0 Å². The van der Waals surface area contributed by atoms with E-state index in [-0.39, 0.29) is 56.2 Å². The summed E-state index contributed by atoms with van der Waals surface area (Å²) in [6, 6.07) is 12.2. The second kappa shape index (κ2) is 13.6. The lowest BCUT2D eigenvalue weighted by atomic mass is 10.2. The molecule has 1 N–H and O–H groups in total. The number of hydrogen-bond donors (Lipinski definition) is 1. The van der Waals surface area contributed by atoms with E-state index >= 15 is 0 Å². The average molecular weight is 588 g/mol. The van der Waals surface area contributed by atoms with Crippen molar-refractivity contribution >= 4 is 11.9 Å². The molecule has 3 heterocycles. The number of carbonyl (C=O) groups is 2. The summed E-state index contributed by atoms with van der Waals surface area (Å²) in [6.07, 6.45) is -2.67. The van der Waals surface area contributed by atoms with Crippen molar-refractivity contribution in [2.45, 2.75) is 51.4 Å². The number of amides is 1.